The van der Waals surface area contributed by atoms with Gasteiger partial charge in [-0.05, 0) is 5.92 Å². The van der Waals surface area contributed by atoms with E-state index in [4.69, 9.17) is 22.7 Å². The molecule has 60 valence electrons. The fraction of sp³-hybridized carbons (Fsp3) is 0.857. The maximum Gasteiger partial charge on any atom is 0.0753 e. The number of ether oxygens (including phenoxy) is 1. The van der Waals surface area contributed by atoms with Gasteiger partial charge in [0.25, 0.3) is 0 Å². The van der Waals surface area contributed by atoms with Gasteiger partial charge >= 0.3 is 0 Å². The highest BCUT2D eigenvalue weighted by Gasteiger charge is 2.12. The van der Waals surface area contributed by atoms with Gasteiger partial charge in [-0.25, -0.2) is 0 Å². The van der Waals surface area contributed by atoms with E-state index in [1.54, 1.807) is 7.11 Å². The van der Waals surface area contributed by atoms with Crippen LogP contribution in [-0.4, -0.2) is 18.2 Å². The van der Waals surface area contributed by atoms with Gasteiger partial charge in [0.15, 0.2) is 0 Å². The van der Waals surface area contributed by atoms with Crippen molar-refractivity contribution in [2.45, 2.75) is 26.4 Å². The van der Waals surface area contributed by atoms with Gasteiger partial charge in [0, 0.05) is 13.5 Å². The highest BCUT2D eigenvalue weighted by molar-refractivity contribution is 7.80. The first-order valence-corrected chi connectivity index (χ1v) is 3.79. The number of hydrogen-bond donors (Lipinski definition) is 1. The van der Waals surface area contributed by atoms with Gasteiger partial charge < -0.3 is 10.5 Å². The second-order valence-electron chi connectivity index (χ2n) is 2.69. The van der Waals surface area contributed by atoms with Crippen molar-refractivity contribution in [3.05, 3.63) is 0 Å². The Balaban J connectivity index is 3.71. The van der Waals surface area contributed by atoms with Gasteiger partial charge in [-0.2, -0.15) is 0 Å². The standard InChI is InChI=1S/C7H15NOS/c1-5(2)6(9-3)4-7(8)10/h5-6H,4H2,1-3H3,(H2,8,10). The van der Waals surface area contributed by atoms with Gasteiger partial charge in [-0.1, -0.05) is 26.1 Å². The van der Waals surface area contributed by atoms with E-state index in [1.165, 1.54) is 0 Å². The molecule has 0 fully saturated rings. The van der Waals surface area contributed by atoms with Gasteiger partial charge in [0.1, 0.15) is 0 Å². The van der Waals surface area contributed by atoms with Gasteiger partial charge in [0.2, 0.25) is 0 Å². The molecule has 0 aliphatic heterocycles. The van der Waals surface area contributed by atoms with Crippen molar-refractivity contribution in [2.24, 2.45) is 11.7 Å². The van der Waals surface area contributed by atoms with Crippen molar-refractivity contribution in [1.82, 2.24) is 0 Å². The molecule has 0 aliphatic rings. The third-order valence-corrected chi connectivity index (χ3v) is 1.62. The van der Waals surface area contributed by atoms with Gasteiger partial charge in [0.05, 0.1) is 11.1 Å². The predicted octanol–water partition coefficient (Wildman–Crippen LogP) is 1.33. The molecular formula is C7H15NOS. The molecule has 0 bridgehead atoms. The zero-order valence-electron chi connectivity index (χ0n) is 6.76. The summed E-state index contributed by atoms with van der Waals surface area (Å²) in [6.07, 6.45) is 0.862. The topological polar surface area (TPSA) is 35.2 Å². The molecule has 0 rings (SSSR count). The van der Waals surface area contributed by atoms with Crippen LogP contribution in [0, 0.1) is 5.92 Å². The third-order valence-electron chi connectivity index (χ3n) is 1.45. The summed E-state index contributed by atoms with van der Waals surface area (Å²) >= 11 is 4.76. The Labute approximate surface area is 67.7 Å². The van der Waals surface area contributed by atoms with Crippen molar-refractivity contribution in [3.8, 4) is 0 Å². The largest absolute Gasteiger partial charge is 0.393 e. The summed E-state index contributed by atoms with van der Waals surface area (Å²) in [6, 6.07) is 0. The molecule has 1 atom stereocenters. The monoisotopic (exact) mass is 161 g/mol. The smallest absolute Gasteiger partial charge is 0.0753 e. The van der Waals surface area contributed by atoms with Crippen LogP contribution in [0.3, 0.4) is 0 Å². The second kappa shape index (κ2) is 4.63. The lowest BCUT2D eigenvalue weighted by Crippen LogP contribution is -2.24. The van der Waals surface area contributed by atoms with E-state index in [0.29, 0.717) is 17.3 Å². The van der Waals surface area contributed by atoms with Crippen LogP contribution in [0.15, 0.2) is 0 Å². The van der Waals surface area contributed by atoms with Crippen molar-refractivity contribution in [3.63, 3.8) is 0 Å². The molecule has 2 nitrogen and oxygen atoms in total. The van der Waals surface area contributed by atoms with E-state index in [1.807, 2.05) is 0 Å². The zero-order valence-corrected chi connectivity index (χ0v) is 7.57. The molecule has 0 saturated heterocycles. The summed E-state index contributed by atoms with van der Waals surface area (Å²) in [7, 11) is 1.68. The Bertz CT molecular complexity index is 114. The van der Waals surface area contributed by atoms with E-state index >= 15 is 0 Å². The van der Waals surface area contributed by atoms with Crippen LogP contribution >= 0.6 is 12.2 Å². The maximum atomic E-state index is 5.36. The Kier molecular flexibility index (Phi) is 4.56. The third kappa shape index (κ3) is 3.80. The van der Waals surface area contributed by atoms with Crippen LogP contribution in [0.4, 0.5) is 0 Å². The van der Waals surface area contributed by atoms with Crippen molar-refractivity contribution in [1.29, 1.82) is 0 Å². The summed E-state index contributed by atoms with van der Waals surface area (Å²) in [6.45, 7) is 4.18. The Morgan fingerprint density at radius 2 is 2.10 bits per heavy atom. The van der Waals surface area contributed by atoms with Crippen molar-refractivity contribution >= 4 is 17.2 Å². The first-order chi connectivity index (χ1) is 4.57. The Hall–Kier alpha value is -0.150. The molecule has 10 heavy (non-hydrogen) atoms. The van der Waals surface area contributed by atoms with E-state index in [-0.39, 0.29) is 6.10 Å². The number of rotatable bonds is 4. The molecule has 0 spiro atoms. The molecule has 0 heterocycles. The minimum atomic E-state index is 0.178. The Morgan fingerprint density at radius 1 is 1.60 bits per heavy atom. The first kappa shape index (κ1) is 9.85. The molecule has 0 amide bonds. The first-order valence-electron chi connectivity index (χ1n) is 3.39. The van der Waals surface area contributed by atoms with Crippen LogP contribution < -0.4 is 5.73 Å². The quantitative estimate of drug-likeness (QED) is 0.632. The van der Waals surface area contributed by atoms with Gasteiger partial charge in [-0.3, -0.25) is 0 Å². The molecule has 0 aromatic rings. The average molecular weight is 161 g/mol. The lowest BCUT2D eigenvalue weighted by Gasteiger charge is -2.17. The summed E-state index contributed by atoms with van der Waals surface area (Å²) in [5.74, 6) is 0.478. The van der Waals surface area contributed by atoms with E-state index in [2.05, 4.69) is 13.8 Å². The normalized spacial score (nSPS) is 13.6. The zero-order chi connectivity index (χ0) is 8.15. The molecule has 0 saturated carbocycles. The van der Waals surface area contributed by atoms with Gasteiger partial charge in [-0.15, -0.1) is 0 Å². The van der Waals surface area contributed by atoms with Crippen molar-refractivity contribution in [2.75, 3.05) is 7.11 Å². The molecule has 0 radical (unpaired) electrons. The summed E-state index contributed by atoms with van der Waals surface area (Å²) in [4.78, 5) is 0.528. The summed E-state index contributed by atoms with van der Waals surface area (Å²) < 4.78 is 5.16. The molecule has 3 heteroatoms. The lowest BCUT2D eigenvalue weighted by atomic mass is 10.0. The number of thiocarbonyl (C=S) groups is 1. The molecular weight excluding hydrogens is 146 g/mol. The van der Waals surface area contributed by atoms with Crippen LogP contribution in [0.25, 0.3) is 0 Å². The highest BCUT2D eigenvalue weighted by atomic mass is 32.1. The minimum Gasteiger partial charge on any atom is -0.393 e. The Morgan fingerprint density at radius 3 is 2.20 bits per heavy atom. The number of hydrogen-bond acceptors (Lipinski definition) is 2. The summed E-state index contributed by atoms with van der Waals surface area (Å²) in [5, 5.41) is 0. The summed E-state index contributed by atoms with van der Waals surface area (Å²) in [5.41, 5.74) is 5.36. The van der Waals surface area contributed by atoms with Crippen LogP contribution in [-0.2, 0) is 4.74 Å². The van der Waals surface area contributed by atoms with E-state index in [0.717, 1.165) is 0 Å². The molecule has 2 N–H and O–H groups in total. The van der Waals surface area contributed by atoms with Crippen molar-refractivity contribution < 1.29 is 4.74 Å². The molecule has 0 aromatic carbocycles. The SMILES string of the molecule is COC(CC(N)=S)C(C)C. The minimum absolute atomic E-state index is 0.178. The molecule has 0 aromatic heterocycles. The fourth-order valence-electron chi connectivity index (χ4n) is 0.789. The molecule has 0 aliphatic carbocycles. The fourth-order valence-corrected chi connectivity index (χ4v) is 0.954. The van der Waals surface area contributed by atoms with Crippen LogP contribution in [0.2, 0.25) is 0 Å². The number of nitrogens with two attached hydrogens (primary N) is 1. The van der Waals surface area contributed by atoms with E-state index < -0.39 is 0 Å². The highest BCUT2D eigenvalue weighted by Crippen LogP contribution is 2.08. The van der Waals surface area contributed by atoms with E-state index in [9.17, 15) is 0 Å². The number of methoxy groups -OCH3 is 1. The predicted molar refractivity (Wildman–Crippen MR) is 47.0 cm³/mol. The average Bonchev–Trinajstić information content (AvgIpc) is 1.81. The second-order valence-corrected chi connectivity index (χ2v) is 3.21. The van der Waals surface area contributed by atoms with Crippen LogP contribution in [0.5, 0.6) is 0 Å². The van der Waals surface area contributed by atoms with Crippen LogP contribution in [0.1, 0.15) is 20.3 Å². The molecule has 1 unspecified atom stereocenters. The lowest BCUT2D eigenvalue weighted by molar-refractivity contribution is 0.0712. The maximum absolute atomic E-state index is 5.36.